The average molecular weight is 407 g/mol. The number of esters is 1. The summed E-state index contributed by atoms with van der Waals surface area (Å²) in [6, 6.07) is 20.0. The monoisotopic (exact) mass is 407 g/mol. The minimum Gasteiger partial charge on any atom is -0.452 e. The van der Waals surface area contributed by atoms with E-state index in [2.05, 4.69) is 0 Å². The van der Waals surface area contributed by atoms with Gasteiger partial charge >= 0.3 is 5.97 Å². The van der Waals surface area contributed by atoms with Crippen molar-refractivity contribution in [2.45, 2.75) is 13.0 Å². The predicted molar refractivity (Wildman–Crippen MR) is 112 cm³/mol. The molecule has 0 aliphatic carbocycles. The van der Waals surface area contributed by atoms with E-state index in [1.54, 1.807) is 16.2 Å². The molecule has 1 heterocycles. The fraction of sp³-hybridized carbons (Fsp3) is 0.174. The third kappa shape index (κ3) is 6.12. The molecule has 0 bridgehead atoms. The van der Waals surface area contributed by atoms with Gasteiger partial charge in [-0.2, -0.15) is 0 Å². The third-order valence-corrected chi connectivity index (χ3v) is 5.26. The van der Waals surface area contributed by atoms with Crippen LogP contribution < -0.4 is 0 Å². The van der Waals surface area contributed by atoms with Crippen LogP contribution in [0.1, 0.15) is 31.2 Å². The minimum atomic E-state index is -0.588. The molecule has 29 heavy (non-hydrogen) atoms. The molecule has 0 N–H and O–H groups in total. The summed E-state index contributed by atoms with van der Waals surface area (Å²) in [5.74, 6) is -0.831. The van der Waals surface area contributed by atoms with Gasteiger partial charge in [0, 0.05) is 17.0 Å². The van der Waals surface area contributed by atoms with E-state index in [1.807, 2.05) is 47.8 Å². The molecular formula is C23H21NO4S. The summed E-state index contributed by atoms with van der Waals surface area (Å²) in [4.78, 5) is 38.4. The van der Waals surface area contributed by atoms with E-state index in [1.165, 1.54) is 24.3 Å². The number of hydrogen-bond donors (Lipinski definition) is 0. The molecule has 1 amide bonds. The first-order chi connectivity index (χ1) is 14.2. The van der Waals surface area contributed by atoms with Crippen LogP contribution in [-0.4, -0.2) is 36.2 Å². The highest BCUT2D eigenvalue weighted by Crippen LogP contribution is 2.13. The zero-order chi connectivity index (χ0) is 20.5. The molecule has 148 valence electrons. The molecule has 1 aromatic heterocycles. The molecule has 0 saturated heterocycles. The maximum absolute atomic E-state index is 12.7. The second kappa shape index (κ2) is 10.3. The quantitative estimate of drug-likeness (QED) is 0.397. The van der Waals surface area contributed by atoms with Crippen LogP contribution in [0.5, 0.6) is 0 Å². The predicted octanol–water partition coefficient (Wildman–Crippen LogP) is 3.99. The molecule has 2 aromatic carbocycles. The van der Waals surface area contributed by atoms with E-state index in [0.717, 1.165) is 16.9 Å². The number of carbonyl (C=O) groups excluding carboxylic acids is 3. The number of thiophene rings is 1. The van der Waals surface area contributed by atoms with E-state index >= 15 is 0 Å². The summed E-state index contributed by atoms with van der Waals surface area (Å²) in [6.45, 7) is 0.690. The largest absolute Gasteiger partial charge is 0.452 e. The molecule has 3 rings (SSSR count). The van der Waals surface area contributed by atoms with Crippen molar-refractivity contribution < 1.29 is 19.1 Å². The lowest BCUT2D eigenvalue weighted by atomic mass is 10.1. The molecule has 5 nitrogen and oxygen atoms in total. The van der Waals surface area contributed by atoms with Gasteiger partial charge < -0.3 is 9.64 Å². The number of hydrogen-bond acceptors (Lipinski definition) is 5. The summed E-state index contributed by atoms with van der Waals surface area (Å²) in [6.07, 6.45) is 1.42. The Morgan fingerprint density at radius 1 is 0.966 bits per heavy atom. The van der Waals surface area contributed by atoms with Crippen LogP contribution in [0.3, 0.4) is 0 Å². The number of rotatable bonds is 9. The van der Waals surface area contributed by atoms with Crippen molar-refractivity contribution in [3.05, 3.63) is 93.7 Å². The smallest absolute Gasteiger partial charge is 0.338 e. The Hall–Kier alpha value is -3.25. The maximum atomic E-state index is 12.7. The summed E-state index contributed by atoms with van der Waals surface area (Å²) >= 11 is 1.58. The molecule has 0 spiro atoms. The van der Waals surface area contributed by atoms with E-state index in [4.69, 9.17) is 4.74 Å². The lowest BCUT2D eigenvalue weighted by Crippen LogP contribution is -2.35. The Bertz CT molecular complexity index is 937. The van der Waals surface area contributed by atoms with Crippen molar-refractivity contribution in [2.75, 3.05) is 13.2 Å². The first kappa shape index (κ1) is 20.5. The van der Waals surface area contributed by atoms with Gasteiger partial charge in [0.15, 0.2) is 6.61 Å². The van der Waals surface area contributed by atoms with E-state index < -0.39 is 5.97 Å². The van der Waals surface area contributed by atoms with Crippen LogP contribution >= 0.6 is 11.3 Å². The van der Waals surface area contributed by atoms with E-state index in [-0.39, 0.29) is 12.5 Å². The molecule has 6 heteroatoms. The second-order valence-electron chi connectivity index (χ2n) is 6.45. The van der Waals surface area contributed by atoms with Gasteiger partial charge in [0.05, 0.1) is 12.1 Å². The van der Waals surface area contributed by atoms with Gasteiger partial charge in [-0.3, -0.25) is 9.59 Å². The fourth-order valence-corrected chi connectivity index (χ4v) is 3.51. The van der Waals surface area contributed by atoms with Crippen molar-refractivity contribution in [3.63, 3.8) is 0 Å². The standard InChI is InChI=1S/C23H21NO4S/c25-16-19-8-10-20(11-9-19)23(27)28-17-22(26)24(15-21-7-4-14-29-21)13-12-18-5-2-1-3-6-18/h1-11,14,16H,12-13,15,17H2. The topological polar surface area (TPSA) is 63.7 Å². The Morgan fingerprint density at radius 3 is 2.38 bits per heavy atom. The number of amides is 1. The second-order valence-corrected chi connectivity index (χ2v) is 7.48. The maximum Gasteiger partial charge on any atom is 0.338 e. The molecule has 0 fully saturated rings. The number of benzene rings is 2. The molecule has 3 aromatic rings. The Labute approximate surface area is 173 Å². The van der Waals surface area contributed by atoms with Crippen LogP contribution in [0.25, 0.3) is 0 Å². The number of aldehydes is 1. The third-order valence-electron chi connectivity index (χ3n) is 4.40. The van der Waals surface area contributed by atoms with Gasteiger partial charge in [0.1, 0.15) is 6.29 Å². The highest BCUT2D eigenvalue weighted by atomic mass is 32.1. The molecule has 0 atom stereocenters. The van der Waals surface area contributed by atoms with Gasteiger partial charge in [-0.15, -0.1) is 11.3 Å². The Kier molecular flexibility index (Phi) is 7.30. The Balaban J connectivity index is 1.60. The average Bonchev–Trinajstić information content (AvgIpc) is 3.28. The van der Waals surface area contributed by atoms with E-state index in [0.29, 0.717) is 30.5 Å². The molecule has 0 aliphatic heterocycles. The minimum absolute atomic E-state index is 0.243. The first-order valence-electron chi connectivity index (χ1n) is 9.22. The first-order valence-corrected chi connectivity index (χ1v) is 10.1. The number of nitrogens with zero attached hydrogens (tertiary/aromatic N) is 1. The zero-order valence-corrected chi connectivity index (χ0v) is 16.6. The van der Waals surface area contributed by atoms with Gasteiger partial charge in [0.25, 0.3) is 5.91 Å². The zero-order valence-electron chi connectivity index (χ0n) is 15.8. The molecule has 0 unspecified atom stereocenters. The summed E-state index contributed by atoms with van der Waals surface area (Å²) in [7, 11) is 0. The van der Waals surface area contributed by atoms with Crippen LogP contribution in [0, 0.1) is 0 Å². The van der Waals surface area contributed by atoms with E-state index in [9.17, 15) is 14.4 Å². The Morgan fingerprint density at radius 2 is 1.72 bits per heavy atom. The van der Waals surface area contributed by atoms with Crippen LogP contribution in [0.2, 0.25) is 0 Å². The van der Waals surface area contributed by atoms with Gasteiger partial charge in [-0.05, 0) is 35.6 Å². The highest BCUT2D eigenvalue weighted by molar-refractivity contribution is 7.09. The number of carbonyl (C=O) groups is 3. The van der Waals surface area contributed by atoms with Crippen molar-refractivity contribution >= 4 is 29.5 Å². The summed E-state index contributed by atoms with van der Waals surface area (Å²) < 4.78 is 5.20. The lowest BCUT2D eigenvalue weighted by Gasteiger charge is -2.22. The van der Waals surface area contributed by atoms with Crippen molar-refractivity contribution in [1.82, 2.24) is 4.90 Å². The van der Waals surface area contributed by atoms with Crippen molar-refractivity contribution in [1.29, 1.82) is 0 Å². The summed E-state index contributed by atoms with van der Waals surface area (Å²) in [5, 5.41) is 1.97. The fourth-order valence-electron chi connectivity index (χ4n) is 2.79. The number of ether oxygens (including phenoxy) is 1. The van der Waals surface area contributed by atoms with Crippen LogP contribution in [0.15, 0.2) is 72.1 Å². The molecule has 0 radical (unpaired) electrons. The highest BCUT2D eigenvalue weighted by Gasteiger charge is 2.17. The van der Waals surface area contributed by atoms with Gasteiger partial charge in [-0.1, -0.05) is 48.5 Å². The van der Waals surface area contributed by atoms with Crippen LogP contribution in [0.4, 0.5) is 0 Å². The van der Waals surface area contributed by atoms with Gasteiger partial charge in [0.2, 0.25) is 0 Å². The molecule has 0 aliphatic rings. The van der Waals surface area contributed by atoms with Gasteiger partial charge in [-0.25, -0.2) is 4.79 Å². The normalized spacial score (nSPS) is 10.3. The van der Waals surface area contributed by atoms with Crippen LogP contribution in [-0.2, 0) is 22.5 Å². The van der Waals surface area contributed by atoms with Crippen molar-refractivity contribution in [2.24, 2.45) is 0 Å². The molecular weight excluding hydrogens is 386 g/mol. The SMILES string of the molecule is O=Cc1ccc(C(=O)OCC(=O)N(CCc2ccccc2)Cc2cccs2)cc1. The van der Waals surface area contributed by atoms with Crippen molar-refractivity contribution in [3.8, 4) is 0 Å². The summed E-state index contributed by atoms with van der Waals surface area (Å²) in [5.41, 5.74) is 1.92. The molecule has 0 saturated carbocycles. The lowest BCUT2D eigenvalue weighted by molar-refractivity contribution is -0.135.